The van der Waals surface area contributed by atoms with Crippen LogP contribution >= 0.6 is 0 Å². The molecule has 1 unspecified atom stereocenters. The van der Waals surface area contributed by atoms with Gasteiger partial charge in [-0.2, -0.15) is 0 Å². The van der Waals surface area contributed by atoms with Crippen molar-refractivity contribution in [2.24, 2.45) is 0 Å². The summed E-state index contributed by atoms with van der Waals surface area (Å²) in [5, 5.41) is 8.54. The molecular formula is C6H11NaO3. The van der Waals surface area contributed by atoms with E-state index in [4.69, 9.17) is 5.11 Å². The number of aliphatic hydroxyl groups is 1. The number of hydrogen-bond acceptors (Lipinski definition) is 3. The van der Waals surface area contributed by atoms with Crippen LogP contribution in [-0.4, -0.2) is 23.8 Å². The Balaban J connectivity index is -0.000000320. The first kappa shape index (κ1) is 12.8. The van der Waals surface area contributed by atoms with Crippen molar-refractivity contribution in [3.63, 3.8) is 0 Å². The van der Waals surface area contributed by atoms with Gasteiger partial charge in [-0.1, -0.05) is 12.7 Å². The van der Waals surface area contributed by atoms with Crippen LogP contribution in [0.1, 0.15) is 8.35 Å². The van der Waals surface area contributed by atoms with Crippen LogP contribution in [-0.2, 0) is 9.53 Å². The van der Waals surface area contributed by atoms with Crippen LogP contribution in [0.15, 0.2) is 12.7 Å². The molecule has 0 spiro atoms. The Morgan fingerprint density at radius 1 is 2.00 bits per heavy atom. The predicted octanol–water partition coefficient (Wildman–Crippen LogP) is -2.79. The molecule has 10 heavy (non-hydrogen) atoms. The maximum atomic E-state index is 10.4. The summed E-state index contributed by atoms with van der Waals surface area (Å²) in [4.78, 5) is 10.4. The zero-order chi connectivity index (χ0) is 7.28. The van der Waals surface area contributed by atoms with Gasteiger partial charge in [0.15, 0.2) is 0 Å². The molecule has 0 heterocycles. The van der Waals surface area contributed by atoms with E-state index in [-0.39, 0.29) is 37.6 Å². The van der Waals surface area contributed by atoms with E-state index in [1.165, 1.54) is 13.0 Å². The molecule has 0 aromatic heterocycles. The maximum Gasteiger partial charge on any atom is 1.00 e. The summed E-state index contributed by atoms with van der Waals surface area (Å²) in [6.07, 6.45) is 0.408. The predicted molar refractivity (Wildman–Crippen MR) is 33.9 cm³/mol. The van der Waals surface area contributed by atoms with E-state index in [1.54, 1.807) is 0 Å². The van der Waals surface area contributed by atoms with Gasteiger partial charge in [0.05, 0.1) is 0 Å². The van der Waals surface area contributed by atoms with Gasteiger partial charge in [0.25, 0.3) is 0 Å². The minimum Gasteiger partial charge on any atom is -1.00 e. The van der Waals surface area contributed by atoms with Gasteiger partial charge in [-0.15, -0.1) is 0 Å². The van der Waals surface area contributed by atoms with E-state index in [0.29, 0.717) is 0 Å². The van der Waals surface area contributed by atoms with Crippen LogP contribution in [0.4, 0.5) is 0 Å². The molecule has 0 aliphatic heterocycles. The molecule has 0 bridgehead atoms. The standard InChI is InChI=1S/C6H10O3.Na.H/c1-3-4-9-6(8)5(2)7;;/h3,5,7H,1,4H2,2H3;;/q;+1;-1. The fourth-order valence-electron chi connectivity index (χ4n) is 0.262. The normalized spacial score (nSPS) is 11.0. The van der Waals surface area contributed by atoms with E-state index in [9.17, 15) is 4.79 Å². The monoisotopic (exact) mass is 154 g/mol. The second-order valence-corrected chi connectivity index (χ2v) is 1.59. The van der Waals surface area contributed by atoms with Crippen molar-refractivity contribution in [3.05, 3.63) is 12.7 Å². The van der Waals surface area contributed by atoms with Crippen LogP contribution in [0.2, 0.25) is 0 Å². The molecule has 0 rings (SSSR count). The molecule has 0 radical (unpaired) electrons. The molecule has 0 aliphatic carbocycles. The molecule has 1 atom stereocenters. The summed E-state index contributed by atoms with van der Waals surface area (Å²) in [6, 6.07) is 0. The molecule has 0 aromatic rings. The maximum absolute atomic E-state index is 10.4. The van der Waals surface area contributed by atoms with Crippen LogP contribution in [0.25, 0.3) is 0 Å². The molecule has 0 aliphatic rings. The van der Waals surface area contributed by atoms with Gasteiger partial charge in [0, 0.05) is 0 Å². The van der Waals surface area contributed by atoms with Crippen LogP contribution in [0.5, 0.6) is 0 Å². The Morgan fingerprint density at radius 2 is 2.50 bits per heavy atom. The number of rotatable bonds is 3. The minimum atomic E-state index is -1.04. The summed E-state index contributed by atoms with van der Waals surface area (Å²) < 4.78 is 4.45. The van der Waals surface area contributed by atoms with Gasteiger partial charge >= 0.3 is 35.5 Å². The van der Waals surface area contributed by atoms with Gasteiger partial charge in [0.1, 0.15) is 12.7 Å². The second kappa shape index (κ2) is 7.28. The zero-order valence-electron chi connectivity index (χ0n) is 7.33. The Morgan fingerprint density at radius 3 is 2.80 bits per heavy atom. The Bertz CT molecular complexity index is 116. The molecule has 0 aromatic carbocycles. The molecule has 4 heteroatoms. The summed E-state index contributed by atoms with van der Waals surface area (Å²) in [6.45, 7) is 4.84. The van der Waals surface area contributed by atoms with E-state index in [1.807, 2.05) is 0 Å². The molecule has 0 saturated carbocycles. The van der Waals surface area contributed by atoms with E-state index >= 15 is 0 Å². The first-order valence-corrected chi connectivity index (χ1v) is 2.64. The van der Waals surface area contributed by atoms with Gasteiger partial charge < -0.3 is 11.3 Å². The van der Waals surface area contributed by atoms with Crippen molar-refractivity contribution in [1.82, 2.24) is 0 Å². The van der Waals surface area contributed by atoms with Gasteiger partial charge in [-0.3, -0.25) is 0 Å². The van der Waals surface area contributed by atoms with Crippen LogP contribution in [0.3, 0.4) is 0 Å². The molecule has 0 saturated heterocycles. The van der Waals surface area contributed by atoms with Gasteiger partial charge in [-0.05, 0) is 6.92 Å². The van der Waals surface area contributed by atoms with Gasteiger partial charge in [0.2, 0.25) is 0 Å². The number of esters is 1. The molecule has 1 N–H and O–H groups in total. The molecule has 0 amide bonds. The molecule has 3 nitrogen and oxygen atoms in total. The van der Waals surface area contributed by atoms with E-state index < -0.39 is 12.1 Å². The third-order valence-electron chi connectivity index (χ3n) is 0.685. The average molecular weight is 154 g/mol. The van der Waals surface area contributed by atoms with Gasteiger partial charge in [-0.25, -0.2) is 4.79 Å². The molecule has 54 valence electrons. The summed E-state index contributed by atoms with van der Waals surface area (Å²) in [7, 11) is 0. The van der Waals surface area contributed by atoms with Crippen molar-refractivity contribution >= 4 is 5.97 Å². The third-order valence-corrected chi connectivity index (χ3v) is 0.685. The van der Waals surface area contributed by atoms with Crippen LogP contribution in [0, 0.1) is 0 Å². The van der Waals surface area contributed by atoms with Crippen molar-refractivity contribution in [2.75, 3.05) is 6.61 Å². The van der Waals surface area contributed by atoms with E-state index in [0.717, 1.165) is 0 Å². The van der Waals surface area contributed by atoms with Crippen molar-refractivity contribution in [3.8, 4) is 0 Å². The van der Waals surface area contributed by atoms with Crippen molar-refractivity contribution < 1.29 is 45.6 Å². The number of carbonyl (C=O) groups is 1. The molecule has 0 fully saturated rings. The summed E-state index contributed by atoms with van der Waals surface area (Å²) in [5.74, 6) is -0.616. The number of aliphatic hydroxyl groups excluding tert-OH is 1. The fraction of sp³-hybridized carbons (Fsp3) is 0.500. The number of ether oxygens (including phenoxy) is 1. The average Bonchev–Trinajstić information content (AvgIpc) is 1.82. The second-order valence-electron chi connectivity index (χ2n) is 1.59. The minimum absolute atomic E-state index is 0. The largest absolute Gasteiger partial charge is 1.00 e. The fourth-order valence-corrected chi connectivity index (χ4v) is 0.262. The third kappa shape index (κ3) is 6.29. The first-order valence-electron chi connectivity index (χ1n) is 2.64. The van der Waals surface area contributed by atoms with E-state index in [2.05, 4.69) is 11.3 Å². The SMILES string of the molecule is C=CCOC(=O)C(C)O.[H-].[Na+]. The van der Waals surface area contributed by atoms with Crippen LogP contribution < -0.4 is 29.6 Å². The molecular weight excluding hydrogens is 143 g/mol. The van der Waals surface area contributed by atoms with Crippen molar-refractivity contribution in [2.45, 2.75) is 13.0 Å². The Labute approximate surface area is 83.8 Å². The zero-order valence-corrected chi connectivity index (χ0v) is 8.33. The smallest absolute Gasteiger partial charge is 1.00 e. The van der Waals surface area contributed by atoms with Crippen molar-refractivity contribution in [1.29, 1.82) is 0 Å². The Kier molecular flexibility index (Phi) is 9.33. The first-order chi connectivity index (χ1) is 4.18. The summed E-state index contributed by atoms with van der Waals surface area (Å²) >= 11 is 0. The summed E-state index contributed by atoms with van der Waals surface area (Å²) in [5.41, 5.74) is 0. The quantitative estimate of drug-likeness (QED) is 0.271. The Hall–Kier alpha value is 0.170. The number of hydrogen-bond donors (Lipinski definition) is 1. The topological polar surface area (TPSA) is 46.5 Å². The number of carbonyl (C=O) groups excluding carboxylic acids is 1.